The van der Waals surface area contributed by atoms with Gasteiger partial charge in [-0.2, -0.15) is 0 Å². The van der Waals surface area contributed by atoms with Gasteiger partial charge in [-0.05, 0) is 62.1 Å². The number of amides is 2. The molecule has 4 nitrogen and oxygen atoms in total. The first-order chi connectivity index (χ1) is 12.1. The lowest BCUT2D eigenvalue weighted by molar-refractivity contribution is -0.122. The second-order valence-corrected chi connectivity index (χ2v) is 6.58. The summed E-state index contributed by atoms with van der Waals surface area (Å²) in [5, 5.41) is 2.94. The number of hydrogen-bond acceptors (Lipinski definition) is 2. The molecule has 25 heavy (non-hydrogen) atoms. The Labute approximate surface area is 148 Å². The van der Waals surface area contributed by atoms with E-state index in [-0.39, 0.29) is 17.7 Å². The zero-order chi connectivity index (χ0) is 17.8. The van der Waals surface area contributed by atoms with Gasteiger partial charge in [-0.1, -0.05) is 24.3 Å². The topological polar surface area (TPSA) is 49.4 Å². The van der Waals surface area contributed by atoms with Crippen LogP contribution in [0.15, 0.2) is 48.5 Å². The highest BCUT2D eigenvalue weighted by atomic mass is 16.2. The van der Waals surface area contributed by atoms with E-state index >= 15 is 0 Å². The van der Waals surface area contributed by atoms with E-state index in [9.17, 15) is 9.59 Å². The highest BCUT2D eigenvalue weighted by molar-refractivity contribution is 6.06. The molecule has 0 atom stereocenters. The second-order valence-electron chi connectivity index (χ2n) is 6.58. The van der Waals surface area contributed by atoms with Gasteiger partial charge in [0, 0.05) is 30.3 Å². The van der Waals surface area contributed by atoms with Crippen molar-refractivity contribution in [2.24, 2.45) is 5.92 Å². The van der Waals surface area contributed by atoms with Crippen LogP contribution >= 0.6 is 0 Å². The van der Waals surface area contributed by atoms with Crippen LogP contribution in [-0.2, 0) is 11.3 Å². The zero-order valence-corrected chi connectivity index (χ0v) is 14.8. The van der Waals surface area contributed by atoms with Gasteiger partial charge in [-0.25, -0.2) is 0 Å². The summed E-state index contributed by atoms with van der Waals surface area (Å²) in [7, 11) is 0. The number of nitrogens with zero attached hydrogens (tertiary/aromatic N) is 1. The van der Waals surface area contributed by atoms with Gasteiger partial charge in [0.05, 0.1) is 0 Å². The molecule has 2 amide bonds. The van der Waals surface area contributed by atoms with Crippen LogP contribution in [0.2, 0.25) is 0 Å². The van der Waals surface area contributed by atoms with Crippen LogP contribution in [0.5, 0.6) is 0 Å². The van der Waals surface area contributed by atoms with Crippen molar-refractivity contribution in [3.05, 3.63) is 65.2 Å². The molecule has 0 aliphatic heterocycles. The lowest BCUT2D eigenvalue weighted by Crippen LogP contribution is -2.30. The molecular weight excluding hydrogens is 312 g/mol. The number of anilines is 1. The van der Waals surface area contributed by atoms with Crippen LogP contribution in [0, 0.1) is 12.8 Å². The fourth-order valence-electron chi connectivity index (χ4n) is 2.84. The number of carbonyl (C=O) groups is 2. The Morgan fingerprint density at radius 2 is 1.84 bits per heavy atom. The third-order valence-corrected chi connectivity index (χ3v) is 4.49. The van der Waals surface area contributed by atoms with Gasteiger partial charge in [0.25, 0.3) is 5.91 Å². The monoisotopic (exact) mass is 336 g/mol. The first kappa shape index (κ1) is 17.2. The van der Waals surface area contributed by atoms with Crippen LogP contribution in [-0.4, -0.2) is 18.4 Å². The summed E-state index contributed by atoms with van der Waals surface area (Å²) in [6.45, 7) is 5.12. The van der Waals surface area contributed by atoms with Gasteiger partial charge < -0.3 is 10.2 Å². The molecule has 0 heterocycles. The van der Waals surface area contributed by atoms with E-state index in [0.29, 0.717) is 18.7 Å². The highest BCUT2D eigenvalue weighted by Gasteiger charge is 2.29. The molecule has 0 aromatic heterocycles. The lowest BCUT2D eigenvalue weighted by Gasteiger charge is -2.21. The molecule has 1 aliphatic rings. The average Bonchev–Trinajstić information content (AvgIpc) is 3.46. The van der Waals surface area contributed by atoms with E-state index in [4.69, 9.17) is 0 Å². The van der Waals surface area contributed by atoms with Gasteiger partial charge >= 0.3 is 0 Å². The third kappa shape index (κ3) is 4.27. The van der Waals surface area contributed by atoms with Crippen molar-refractivity contribution in [3.8, 4) is 0 Å². The fraction of sp³-hybridized carbons (Fsp3) is 0.333. The second kappa shape index (κ2) is 7.51. The van der Waals surface area contributed by atoms with Crippen LogP contribution < -0.4 is 10.2 Å². The minimum atomic E-state index is -0.0123. The predicted molar refractivity (Wildman–Crippen MR) is 99.5 cm³/mol. The Hall–Kier alpha value is -2.62. The largest absolute Gasteiger partial charge is 0.352 e. The van der Waals surface area contributed by atoms with Gasteiger partial charge in [0.2, 0.25) is 5.91 Å². The Balaban J connectivity index is 1.67. The quantitative estimate of drug-likeness (QED) is 0.875. The highest BCUT2D eigenvalue weighted by Crippen LogP contribution is 2.28. The fourth-order valence-corrected chi connectivity index (χ4v) is 2.84. The van der Waals surface area contributed by atoms with Crippen molar-refractivity contribution in [2.75, 3.05) is 11.4 Å². The maximum Gasteiger partial charge on any atom is 0.258 e. The summed E-state index contributed by atoms with van der Waals surface area (Å²) in [6, 6.07) is 15.4. The summed E-state index contributed by atoms with van der Waals surface area (Å²) < 4.78 is 0. The first-order valence-corrected chi connectivity index (χ1v) is 8.83. The van der Waals surface area contributed by atoms with Crippen LogP contribution in [0.4, 0.5) is 5.69 Å². The number of benzene rings is 2. The number of rotatable bonds is 6. The van der Waals surface area contributed by atoms with E-state index in [1.807, 2.05) is 62.4 Å². The normalized spacial score (nSPS) is 13.4. The van der Waals surface area contributed by atoms with E-state index < -0.39 is 0 Å². The molecule has 2 aromatic rings. The van der Waals surface area contributed by atoms with E-state index in [1.54, 1.807) is 4.90 Å². The average molecular weight is 336 g/mol. The SMILES string of the molecule is CCN(C(=O)c1ccc(CNC(=O)C2CC2)cc1)c1cccc(C)c1. The molecule has 130 valence electrons. The maximum absolute atomic E-state index is 12.8. The summed E-state index contributed by atoms with van der Waals surface area (Å²) in [4.78, 5) is 26.3. The van der Waals surface area contributed by atoms with Gasteiger partial charge in [0.1, 0.15) is 0 Å². The Kier molecular flexibility index (Phi) is 5.17. The summed E-state index contributed by atoms with van der Waals surface area (Å²) in [6.07, 6.45) is 2.01. The minimum Gasteiger partial charge on any atom is -0.352 e. The van der Waals surface area contributed by atoms with Crippen molar-refractivity contribution >= 4 is 17.5 Å². The van der Waals surface area contributed by atoms with Crippen molar-refractivity contribution < 1.29 is 9.59 Å². The van der Waals surface area contributed by atoms with Crippen molar-refractivity contribution in [1.29, 1.82) is 0 Å². The summed E-state index contributed by atoms with van der Waals surface area (Å²) >= 11 is 0. The summed E-state index contributed by atoms with van der Waals surface area (Å²) in [5.74, 6) is 0.340. The molecular formula is C21H24N2O2. The standard InChI is InChI=1S/C21H24N2O2/c1-3-23(19-6-4-5-15(2)13-19)21(25)18-9-7-16(8-10-18)14-22-20(24)17-11-12-17/h4-10,13,17H,3,11-12,14H2,1-2H3,(H,22,24). The van der Waals surface area contributed by atoms with Gasteiger partial charge in [-0.15, -0.1) is 0 Å². The van der Waals surface area contributed by atoms with Crippen molar-refractivity contribution in [3.63, 3.8) is 0 Å². The number of carbonyl (C=O) groups excluding carboxylic acids is 2. The molecule has 0 saturated heterocycles. The van der Waals surface area contributed by atoms with Crippen LogP contribution in [0.25, 0.3) is 0 Å². The molecule has 0 unspecified atom stereocenters. The molecule has 2 aromatic carbocycles. The number of nitrogens with one attached hydrogen (secondary N) is 1. The molecule has 0 spiro atoms. The van der Waals surface area contributed by atoms with E-state index in [1.165, 1.54) is 0 Å². The maximum atomic E-state index is 12.8. The number of aryl methyl sites for hydroxylation is 1. The smallest absolute Gasteiger partial charge is 0.258 e. The van der Waals surface area contributed by atoms with E-state index in [2.05, 4.69) is 5.32 Å². The molecule has 0 bridgehead atoms. The Morgan fingerprint density at radius 3 is 2.44 bits per heavy atom. The van der Waals surface area contributed by atoms with Crippen LogP contribution in [0.3, 0.4) is 0 Å². The van der Waals surface area contributed by atoms with Gasteiger partial charge in [0.15, 0.2) is 0 Å². The van der Waals surface area contributed by atoms with Crippen molar-refractivity contribution in [2.45, 2.75) is 33.2 Å². The first-order valence-electron chi connectivity index (χ1n) is 8.83. The predicted octanol–water partition coefficient (Wildman–Crippen LogP) is 3.69. The molecule has 1 fully saturated rings. The summed E-state index contributed by atoms with van der Waals surface area (Å²) in [5.41, 5.74) is 3.70. The molecule has 4 heteroatoms. The van der Waals surface area contributed by atoms with E-state index in [0.717, 1.165) is 29.7 Å². The minimum absolute atomic E-state index is 0.0123. The van der Waals surface area contributed by atoms with Crippen molar-refractivity contribution in [1.82, 2.24) is 5.32 Å². The Bertz CT molecular complexity index is 764. The molecule has 1 N–H and O–H groups in total. The molecule has 3 rings (SSSR count). The zero-order valence-electron chi connectivity index (χ0n) is 14.8. The molecule has 1 aliphatic carbocycles. The number of hydrogen-bond donors (Lipinski definition) is 1. The lowest BCUT2D eigenvalue weighted by atomic mass is 10.1. The van der Waals surface area contributed by atoms with Crippen LogP contribution in [0.1, 0.15) is 41.3 Å². The van der Waals surface area contributed by atoms with Gasteiger partial charge in [-0.3, -0.25) is 9.59 Å². The molecule has 0 radical (unpaired) electrons. The molecule has 1 saturated carbocycles. The third-order valence-electron chi connectivity index (χ3n) is 4.49. The Morgan fingerprint density at radius 1 is 1.12 bits per heavy atom.